The number of hydrogen-bond acceptors (Lipinski definition) is 4. The first-order chi connectivity index (χ1) is 12.3. The van der Waals surface area contributed by atoms with Gasteiger partial charge in [-0.25, -0.2) is 9.50 Å². The first-order valence-electron chi connectivity index (χ1n) is 8.72. The molecule has 1 N–H and O–H groups in total. The summed E-state index contributed by atoms with van der Waals surface area (Å²) in [7, 11) is 0. The van der Waals surface area contributed by atoms with Crippen molar-refractivity contribution in [3.8, 4) is 0 Å². The van der Waals surface area contributed by atoms with Crippen LogP contribution >= 0.6 is 0 Å². The van der Waals surface area contributed by atoms with E-state index >= 15 is 0 Å². The molecule has 25 heavy (non-hydrogen) atoms. The van der Waals surface area contributed by atoms with Crippen molar-refractivity contribution in [1.82, 2.24) is 19.5 Å². The second kappa shape index (κ2) is 7.21. The second-order valence-electron chi connectivity index (χ2n) is 6.53. The van der Waals surface area contributed by atoms with Gasteiger partial charge in [-0.3, -0.25) is 14.8 Å². The van der Waals surface area contributed by atoms with Gasteiger partial charge >= 0.3 is 0 Å². The number of fused-ring (bicyclic) bond motifs is 1. The van der Waals surface area contributed by atoms with Crippen LogP contribution in [0.2, 0.25) is 0 Å². The predicted molar refractivity (Wildman–Crippen MR) is 95.3 cm³/mol. The van der Waals surface area contributed by atoms with Gasteiger partial charge in [-0.15, -0.1) is 0 Å². The third-order valence-electron chi connectivity index (χ3n) is 4.55. The summed E-state index contributed by atoms with van der Waals surface area (Å²) in [6, 6.07) is 13.8. The number of aromatic amines is 1. The molecule has 1 unspecified atom stereocenters. The minimum atomic E-state index is -0.0817. The number of rotatable bonds is 6. The van der Waals surface area contributed by atoms with Crippen LogP contribution in [0.1, 0.15) is 24.1 Å². The van der Waals surface area contributed by atoms with Gasteiger partial charge in [0.25, 0.3) is 5.56 Å². The molecule has 1 atom stereocenters. The first-order valence-corrected chi connectivity index (χ1v) is 8.72. The number of benzene rings is 1. The molecule has 0 spiro atoms. The van der Waals surface area contributed by atoms with E-state index in [2.05, 4.69) is 39.2 Å². The van der Waals surface area contributed by atoms with Crippen molar-refractivity contribution in [3.63, 3.8) is 0 Å². The normalized spacial score (nSPS) is 17.6. The van der Waals surface area contributed by atoms with Crippen LogP contribution in [0.25, 0.3) is 5.65 Å². The largest absolute Gasteiger partial charge is 0.377 e. The average Bonchev–Trinajstić information content (AvgIpc) is 3.27. The quantitative estimate of drug-likeness (QED) is 0.748. The van der Waals surface area contributed by atoms with Gasteiger partial charge in [-0.2, -0.15) is 0 Å². The molecule has 2 aromatic heterocycles. The lowest BCUT2D eigenvalue weighted by atomic mass is 10.1. The van der Waals surface area contributed by atoms with Gasteiger partial charge < -0.3 is 4.74 Å². The summed E-state index contributed by atoms with van der Waals surface area (Å²) >= 11 is 0. The van der Waals surface area contributed by atoms with E-state index in [1.54, 1.807) is 12.3 Å². The summed E-state index contributed by atoms with van der Waals surface area (Å²) in [5.41, 5.74) is 2.61. The Labute approximate surface area is 146 Å². The highest BCUT2D eigenvalue weighted by Crippen LogP contribution is 2.16. The molecule has 1 aliphatic rings. The fourth-order valence-corrected chi connectivity index (χ4v) is 3.39. The third-order valence-corrected chi connectivity index (χ3v) is 4.55. The number of ether oxygens (including phenoxy) is 1. The molecule has 0 aliphatic carbocycles. The Balaban J connectivity index is 1.56. The molecular weight excluding hydrogens is 316 g/mol. The number of nitrogens with zero attached hydrogens (tertiary/aromatic N) is 3. The van der Waals surface area contributed by atoms with Crippen LogP contribution in [0.5, 0.6) is 0 Å². The van der Waals surface area contributed by atoms with Crippen LogP contribution in [0, 0.1) is 0 Å². The molecule has 1 aromatic carbocycles. The molecule has 3 heterocycles. The van der Waals surface area contributed by atoms with Gasteiger partial charge in [0.15, 0.2) is 5.65 Å². The van der Waals surface area contributed by atoms with Gasteiger partial charge in [-0.1, -0.05) is 30.3 Å². The topological polar surface area (TPSA) is 62.6 Å². The standard InChI is InChI=1S/C19H22N4O2/c24-19-11-16(21-18-8-9-20-23(18)19)13-22(14-17-7-4-10-25-17)12-15-5-2-1-3-6-15/h1-3,5-6,8-9,11,17,20H,4,7,10,12-14H2. The molecule has 0 saturated carbocycles. The van der Waals surface area contributed by atoms with Crippen molar-refractivity contribution < 1.29 is 4.74 Å². The van der Waals surface area contributed by atoms with Gasteiger partial charge in [0, 0.05) is 44.6 Å². The lowest BCUT2D eigenvalue weighted by molar-refractivity contribution is 0.0675. The highest BCUT2D eigenvalue weighted by Gasteiger charge is 2.20. The number of hydrogen-bond donors (Lipinski definition) is 1. The third kappa shape index (κ3) is 3.81. The maximum Gasteiger partial charge on any atom is 0.272 e. The van der Waals surface area contributed by atoms with E-state index in [9.17, 15) is 4.79 Å². The molecular formula is C19H22N4O2. The maximum absolute atomic E-state index is 12.2. The predicted octanol–water partition coefficient (Wildman–Crippen LogP) is 2.20. The highest BCUT2D eigenvalue weighted by atomic mass is 16.5. The van der Waals surface area contributed by atoms with E-state index in [1.807, 2.05) is 12.1 Å². The van der Waals surface area contributed by atoms with Crippen molar-refractivity contribution in [2.45, 2.75) is 32.0 Å². The molecule has 6 nitrogen and oxygen atoms in total. The monoisotopic (exact) mass is 338 g/mol. The van der Waals surface area contributed by atoms with Crippen molar-refractivity contribution in [2.75, 3.05) is 13.2 Å². The SMILES string of the molecule is O=c1cc(CN(Cc2ccccc2)CC2CCCO2)nc2cc[nH]n12. The van der Waals surface area contributed by atoms with E-state index in [0.717, 1.165) is 38.2 Å². The van der Waals surface area contributed by atoms with Crippen molar-refractivity contribution in [3.05, 3.63) is 70.3 Å². The van der Waals surface area contributed by atoms with Gasteiger partial charge in [0.05, 0.1) is 11.8 Å². The first kappa shape index (κ1) is 16.1. The van der Waals surface area contributed by atoms with Crippen LogP contribution in [0.15, 0.2) is 53.5 Å². The van der Waals surface area contributed by atoms with E-state index in [4.69, 9.17) is 4.74 Å². The molecule has 130 valence electrons. The fourth-order valence-electron chi connectivity index (χ4n) is 3.39. The Kier molecular flexibility index (Phi) is 4.63. The molecule has 3 aromatic rings. The van der Waals surface area contributed by atoms with E-state index in [1.165, 1.54) is 10.1 Å². The maximum atomic E-state index is 12.2. The fraction of sp³-hybridized carbons (Fsp3) is 0.368. The summed E-state index contributed by atoms with van der Waals surface area (Å²) in [6.45, 7) is 3.14. The molecule has 4 rings (SSSR count). The summed E-state index contributed by atoms with van der Waals surface area (Å²) in [4.78, 5) is 19.1. The van der Waals surface area contributed by atoms with Gasteiger partial charge in [0.1, 0.15) is 0 Å². The lowest BCUT2D eigenvalue weighted by Gasteiger charge is -2.25. The lowest BCUT2D eigenvalue weighted by Crippen LogP contribution is -2.32. The zero-order valence-electron chi connectivity index (χ0n) is 14.1. The van der Waals surface area contributed by atoms with Crippen LogP contribution in [0.4, 0.5) is 0 Å². The Hall–Kier alpha value is -2.44. The molecule has 1 aliphatic heterocycles. The molecule has 0 radical (unpaired) electrons. The minimum absolute atomic E-state index is 0.0817. The number of aromatic nitrogens is 3. The Morgan fingerprint density at radius 2 is 2.12 bits per heavy atom. The molecule has 0 bridgehead atoms. The van der Waals surface area contributed by atoms with Gasteiger partial charge in [0.2, 0.25) is 0 Å². The summed E-state index contributed by atoms with van der Waals surface area (Å²) in [5, 5.41) is 2.88. The Morgan fingerprint density at radius 1 is 1.24 bits per heavy atom. The summed E-state index contributed by atoms with van der Waals surface area (Å²) < 4.78 is 7.26. The second-order valence-corrected chi connectivity index (χ2v) is 6.53. The van der Waals surface area contributed by atoms with E-state index < -0.39 is 0 Å². The van der Waals surface area contributed by atoms with E-state index in [-0.39, 0.29) is 11.7 Å². The van der Waals surface area contributed by atoms with Gasteiger partial charge in [-0.05, 0) is 18.4 Å². The van der Waals surface area contributed by atoms with Crippen LogP contribution in [-0.4, -0.2) is 38.8 Å². The average molecular weight is 338 g/mol. The van der Waals surface area contributed by atoms with Crippen LogP contribution < -0.4 is 5.56 Å². The zero-order valence-corrected chi connectivity index (χ0v) is 14.1. The van der Waals surface area contributed by atoms with Crippen LogP contribution in [0.3, 0.4) is 0 Å². The van der Waals surface area contributed by atoms with Crippen molar-refractivity contribution >= 4 is 5.65 Å². The number of nitrogens with one attached hydrogen (secondary N) is 1. The molecule has 1 saturated heterocycles. The van der Waals surface area contributed by atoms with Crippen LogP contribution in [-0.2, 0) is 17.8 Å². The Morgan fingerprint density at radius 3 is 2.92 bits per heavy atom. The number of H-pyrrole nitrogens is 1. The summed E-state index contributed by atoms with van der Waals surface area (Å²) in [6.07, 6.45) is 4.21. The summed E-state index contributed by atoms with van der Waals surface area (Å²) in [5.74, 6) is 0. The van der Waals surface area contributed by atoms with Crippen molar-refractivity contribution in [2.24, 2.45) is 0 Å². The molecule has 0 amide bonds. The van der Waals surface area contributed by atoms with Crippen molar-refractivity contribution in [1.29, 1.82) is 0 Å². The van der Waals surface area contributed by atoms with E-state index in [0.29, 0.717) is 12.2 Å². The minimum Gasteiger partial charge on any atom is -0.377 e. The Bertz CT molecular complexity index is 881. The zero-order chi connectivity index (χ0) is 17.1. The molecule has 6 heteroatoms. The highest BCUT2D eigenvalue weighted by molar-refractivity contribution is 5.36. The smallest absolute Gasteiger partial charge is 0.272 e. The molecule has 1 fully saturated rings.